The minimum absolute atomic E-state index is 0.587. The van der Waals surface area contributed by atoms with Crippen molar-refractivity contribution in [3.05, 3.63) is 59.2 Å². The summed E-state index contributed by atoms with van der Waals surface area (Å²) in [6.45, 7) is 10.8. The average Bonchev–Trinajstić information content (AvgIpc) is 3.25. The highest BCUT2D eigenvalue weighted by Crippen LogP contribution is 2.18. The van der Waals surface area contributed by atoms with Gasteiger partial charge >= 0.3 is 0 Å². The number of hydrogen-bond acceptors (Lipinski definition) is 4. The van der Waals surface area contributed by atoms with E-state index in [0.717, 1.165) is 35.1 Å². The van der Waals surface area contributed by atoms with Crippen molar-refractivity contribution in [1.82, 2.24) is 5.32 Å². The smallest absolute Gasteiger partial charge is 0.211 e. The maximum Gasteiger partial charge on any atom is 0.211 e. The standard InChI is InChI=1S/C16H14N2O2.C8H17N.C8H18.C2H6/c17-16-8-4-13(10-19)9-14(16)5-1-12-2-6-15(7-3-12)18-11-20;1-9-8-6-4-2-3-5-7-8;1-4-5-6-7-8(2)3;1-2/h1-11H,17H2,(H,18,20);8-9H,2-7H2,1H3;8H,4-7H2,1-3H3;1-2H3/b5-1+;;;. The number of unbranched alkanes of at least 4 members (excludes halogenated alkanes) is 2. The van der Waals surface area contributed by atoms with Crippen LogP contribution in [0.2, 0.25) is 0 Å². The van der Waals surface area contributed by atoms with Crippen LogP contribution in [0.15, 0.2) is 42.5 Å². The van der Waals surface area contributed by atoms with Crippen molar-refractivity contribution in [2.75, 3.05) is 18.1 Å². The molecule has 0 radical (unpaired) electrons. The lowest BCUT2D eigenvalue weighted by Gasteiger charge is -2.10. The van der Waals surface area contributed by atoms with Gasteiger partial charge in [0.05, 0.1) is 0 Å². The molecule has 0 heterocycles. The Morgan fingerprint density at radius 2 is 1.51 bits per heavy atom. The normalized spacial score (nSPS) is 13.1. The van der Waals surface area contributed by atoms with Gasteiger partial charge in [0.1, 0.15) is 6.29 Å². The highest BCUT2D eigenvalue weighted by atomic mass is 16.1. The molecule has 1 saturated carbocycles. The third-order valence-electron chi connectivity index (χ3n) is 6.49. The highest BCUT2D eigenvalue weighted by molar-refractivity contribution is 5.82. The Morgan fingerprint density at radius 1 is 0.897 bits per heavy atom. The molecule has 0 unspecified atom stereocenters. The van der Waals surface area contributed by atoms with Crippen LogP contribution in [0.4, 0.5) is 11.4 Å². The first-order chi connectivity index (χ1) is 18.9. The molecule has 1 aliphatic carbocycles. The third-order valence-corrected chi connectivity index (χ3v) is 6.49. The molecule has 3 rings (SSSR count). The Balaban J connectivity index is 0.000000630. The van der Waals surface area contributed by atoms with Crippen LogP contribution < -0.4 is 16.4 Å². The van der Waals surface area contributed by atoms with Crippen LogP contribution in [0.3, 0.4) is 0 Å². The fourth-order valence-electron chi connectivity index (χ4n) is 4.13. The number of benzene rings is 2. The van der Waals surface area contributed by atoms with Crippen LogP contribution in [0, 0.1) is 5.92 Å². The number of aldehydes is 1. The lowest BCUT2D eigenvalue weighted by molar-refractivity contribution is -0.105. The third kappa shape index (κ3) is 18.1. The van der Waals surface area contributed by atoms with Crippen molar-refractivity contribution in [1.29, 1.82) is 0 Å². The van der Waals surface area contributed by atoms with E-state index in [2.05, 4.69) is 38.5 Å². The first kappa shape index (κ1) is 36.1. The molecule has 0 bridgehead atoms. The van der Waals surface area contributed by atoms with Crippen molar-refractivity contribution in [3.8, 4) is 0 Å². The Bertz CT molecular complexity index is 899. The zero-order chi connectivity index (χ0) is 29.3. The van der Waals surface area contributed by atoms with Crippen LogP contribution in [-0.2, 0) is 4.79 Å². The number of nitrogens with one attached hydrogen (secondary N) is 2. The summed E-state index contributed by atoms with van der Waals surface area (Å²) in [5, 5.41) is 5.91. The van der Waals surface area contributed by atoms with E-state index in [1.165, 1.54) is 64.2 Å². The summed E-state index contributed by atoms with van der Waals surface area (Å²) < 4.78 is 0. The molecule has 1 aliphatic rings. The second-order valence-corrected chi connectivity index (χ2v) is 10.1. The SMILES string of the molecule is CC.CCCCCC(C)C.CNC1CCCCCC1.Nc1ccc(C=O)cc1/C=C/c1ccc(NC=O)cc1. The Hall–Kier alpha value is -2.92. The number of rotatable bonds is 10. The van der Waals surface area contributed by atoms with E-state index in [0.29, 0.717) is 17.7 Å². The zero-order valence-electron chi connectivity index (χ0n) is 25.5. The summed E-state index contributed by atoms with van der Waals surface area (Å²) in [5.74, 6) is 0.904. The van der Waals surface area contributed by atoms with Crippen LogP contribution in [-0.4, -0.2) is 25.8 Å². The Labute approximate surface area is 239 Å². The minimum atomic E-state index is 0.587. The average molecular weight is 538 g/mol. The van der Waals surface area contributed by atoms with E-state index in [9.17, 15) is 9.59 Å². The van der Waals surface area contributed by atoms with Crippen LogP contribution >= 0.6 is 0 Å². The fraction of sp³-hybridized carbons (Fsp3) is 0.529. The summed E-state index contributed by atoms with van der Waals surface area (Å²) >= 11 is 0. The molecule has 1 fully saturated rings. The number of nitrogen functional groups attached to an aromatic ring is 1. The van der Waals surface area contributed by atoms with E-state index in [4.69, 9.17) is 5.73 Å². The van der Waals surface area contributed by atoms with Crippen LogP contribution in [0.25, 0.3) is 12.2 Å². The first-order valence-electron chi connectivity index (χ1n) is 14.9. The maximum absolute atomic E-state index is 10.7. The van der Waals surface area contributed by atoms with E-state index >= 15 is 0 Å². The van der Waals surface area contributed by atoms with E-state index < -0.39 is 0 Å². The zero-order valence-corrected chi connectivity index (χ0v) is 25.5. The van der Waals surface area contributed by atoms with E-state index in [1.54, 1.807) is 30.3 Å². The second kappa shape index (κ2) is 24.1. The lowest BCUT2D eigenvalue weighted by atomic mass is 10.1. The molecule has 1 amide bonds. The minimum Gasteiger partial charge on any atom is -0.398 e. The molecule has 5 nitrogen and oxygen atoms in total. The highest BCUT2D eigenvalue weighted by Gasteiger charge is 2.08. The number of anilines is 2. The number of carbonyl (C=O) groups is 2. The van der Waals surface area contributed by atoms with Gasteiger partial charge in [0.15, 0.2) is 0 Å². The van der Waals surface area contributed by atoms with Crippen molar-refractivity contribution in [3.63, 3.8) is 0 Å². The van der Waals surface area contributed by atoms with Gasteiger partial charge in [-0.1, -0.05) is 110 Å². The molecule has 0 spiro atoms. The molecule has 218 valence electrons. The molecule has 2 aromatic rings. The lowest BCUT2D eigenvalue weighted by Crippen LogP contribution is -2.23. The van der Waals surface area contributed by atoms with Gasteiger partial charge in [-0.05, 0) is 67.3 Å². The van der Waals surface area contributed by atoms with Gasteiger partial charge in [-0.15, -0.1) is 0 Å². The predicted molar refractivity (Wildman–Crippen MR) is 172 cm³/mol. The quantitative estimate of drug-likeness (QED) is 0.0928. The second-order valence-electron chi connectivity index (χ2n) is 10.1. The number of hydrogen-bond donors (Lipinski definition) is 3. The molecule has 0 aromatic heterocycles. The Morgan fingerprint density at radius 3 is 2.03 bits per heavy atom. The number of carbonyl (C=O) groups excluding carboxylic acids is 2. The van der Waals surface area contributed by atoms with Crippen LogP contribution in [0.5, 0.6) is 0 Å². The van der Waals surface area contributed by atoms with Crippen molar-refractivity contribution < 1.29 is 9.59 Å². The van der Waals surface area contributed by atoms with Crippen molar-refractivity contribution in [2.45, 2.75) is 105 Å². The maximum atomic E-state index is 10.7. The van der Waals surface area contributed by atoms with E-state index in [-0.39, 0.29) is 0 Å². The van der Waals surface area contributed by atoms with Gasteiger partial charge in [0, 0.05) is 23.0 Å². The molecular weight excluding hydrogens is 482 g/mol. The van der Waals surface area contributed by atoms with Gasteiger partial charge in [-0.2, -0.15) is 0 Å². The summed E-state index contributed by atoms with van der Waals surface area (Å²) in [7, 11) is 2.08. The number of amides is 1. The number of nitrogens with two attached hydrogens (primary N) is 1. The first-order valence-corrected chi connectivity index (χ1v) is 14.9. The molecule has 0 aliphatic heterocycles. The predicted octanol–water partition coefficient (Wildman–Crippen LogP) is 9.00. The molecular formula is C34H55N3O2. The van der Waals surface area contributed by atoms with Crippen molar-refractivity contribution in [2.24, 2.45) is 5.92 Å². The van der Waals surface area contributed by atoms with Crippen molar-refractivity contribution >= 4 is 36.2 Å². The summed E-state index contributed by atoms with van der Waals surface area (Å²) in [5.41, 5.74) is 9.56. The molecule has 0 atom stereocenters. The molecule has 0 saturated heterocycles. The fourth-order valence-corrected chi connectivity index (χ4v) is 4.13. The summed E-state index contributed by atoms with van der Waals surface area (Å²) in [4.78, 5) is 21.0. The largest absolute Gasteiger partial charge is 0.398 e. The van der Waals surface area contributed by atoms with Gasteiger partial charge in [0.2, 0.25) is 6.41 Å². The topological polar surface area (TPSA) is 84.2 Å². The van der Waals surface area contributed by atoms with Crippen LogP contribution in [0.1, 0.15) is 120 Å². The van der Waals surface area contributed by atoms with Gasteiger partial charge in [0.25, 0.3) is 0 Å². The summed E-state index contributed by atoms with van der Waals surface area (Å²) in [6, 6.07) is 13.3. The molecule has 4 N–H and O–H groups in total. The Kier molecular flexibility index (Phi) is 22.3. The molecule has 5 heteroatoms. The molecule has 39 heavy (non-hydrogen) atoms. The molecule has 2 aromatic carbocycles. The van der Waals surface area contributed by atoms with Gasteiger partial charge in [-0.25, -0.2) is 0 Å². The van der Waals surface area contributed by atoms with E-state index in [1.807, 2.05) is 38.1 Å². The van der Waals surface area contributed by atoms with Gasteiger partial charge in [-0.3, -0.25) is 9.59 Å². The summed E-state index contributed by atoms with van der Waals surface area (Å²) in [6.07, 6.45) is 19.4. The monoisotopic (exact) mass is 537 g/mol. The van der Waals surface area contributed by atoms with Gasteiger partial charge < -0.3 is 16.4 Å².